The van der Waals surface area contributed by atoms with Gasteiger partial charge in [0, 0.05) is 16.1 Å². The molecule has 0 spiro atoms. The second kappa shape index (κ2) is 7.25. The van der Waals surface area contributed by atoms with Crippen LogP contribution in [-0.4, -0.2) is 23.6 Å². The predicted molar refractivity (Wildman–Crippen MR) is 108 cm³/mol. The van der Waals surface area contributed by atoms with Gasteiger partial charge in [0.15, 0.2) is 0 Å². The summed E-state index contributed by atoms with van der Waals surface area (Å²) in [5.74, 6) is 0.281. The summed E-state index contributed by atoms with van der Waals surface area (Å²) in [6, 6.07) is 6.13. The average Bonchev–Trinajstić information content (AvgIpc) is 2.42. The number of rotatable bonds is 7. The Morgan fingerprint density at radius 1 is 1.12 bits per heavy atom. The molecule has 0 aliphatic carbocycles. The maximum absolute atomic E-state index is 12.5. The summed E-state index contributed by atoms with van der Waals surface area (Å²) in [5, 5.41) is 0. The van der Waals surface area contributed by atoms with Crippen molar-refractivity contribution in [3.8, 4) is 0 Å². The van der Waals surface area contributed by atoms with Crippen LogP contribution in [0.25, 0.3) is 0 Å². The summed E-state index contributed by atoms with van der Waals surface area (Å²) in [6.45, 7) is 18.1. The minimum Gasteiger partial charge on any atom is -0.428 e. The summed E-state index contributed by atoms with van der Waals surface area (Å²) >= 11 is 4.62. The van der Waals surface area contributed by atoms with Crippen molar-refractivity contribution in [2.24, 2.45) is 5.92 Å². The first-order chi connectivity index (χ1) is 10.7. The molecule has 133 valence electrons. The predicted octanol–water partition coefficient (Wildman–Crippen LogP) is 4.25. The molecule has 0 aromatic heterocycles. The number of carbonyl (C=O) groups is 1. The Balaban J connectivity index is 2.99. The van der Waals surface area contributed by atoms with Crippen LogP contribution in [-0.2, 0) is 14.9 Å². The monoisotopic (exact) mass is 347 g/mol. The molecule has 0 bridgehead atoms. The molecular weight excluding hydrogens is 315 g/mol. The van der Waals surface area contributed by atoms with Crippen molar-refractivity contribution in [2.75, 3.05) is 0 Å². The number of carbonyl (C=O) groups excluding carboxylic acids is 1. The van der Waals surface area contributed by atoms with Crippen molar-refractivity contribution in [2.45, 2.75) is 78.1 Å². The number of Topliss-reactive ketones (excluding diaryl/α,β-unsaturated/α-hetero) is 1. The highest BCUT2D eigenvalue weighted by molar-refractivity contribution is 7.81. The molecule has 0 heterocycles. The lowest BCUT2D eigenvalue weighted by molar-refractivity contribution is -0.126. The zero-order valence-electron chi connectivity index (χ0n) is 16.7. The number of ketones is 1. The van der Waals surface area contributed by atoms with Gasteiger partial charge in [-0.15, -0.1) is 0 Å². The van der Waals surface area contributed by atoms with E-state index in [1.807, 2.05) is 67.5 Å². The Bertz CT molecular complexity index is 598. The molecular formula is C20H32BO2S. The van der Waals surface area contributed by atoms with Crippen LogP contribution in [0.3, 0.4) is 0 Å². The standard InChI is InChI=1S/C20H32BO2S/c1-13(2)17(22)18(4,5)16-11-10-15(12-14(16)3)21-23-19(6,7)20(8,9)24/h10-13,24H,1-9H3. The Morgan fingerprint density at radius 2 is 1.67 bits per heavy atom. The summed E-state index contributed by atoms with van der Waals surface area (Å²) in [7, 11) is 1.78. The van der Waals surface area contributed by atoms with Crippen LogP contribution in [0, 0.1) is 12.8 Å². The number of hydrogen-bond acceptors (Lipinski definition) is 3. The summed E-state index contributed by atoms with van der Waals surface area (Å²) in [4.78, 5) is 12.5. The van der Waals surface area contributed by atoms with Gasteiger partial charge in [-0.1, -0.05) is 37.5 Å². The molecule has 0 fully saturated rings. The van der Waals surface area contributed by atoms with Crippen molar-refractivity contribution in [3.05, 3.63) is 29.3 Å². The Kier molecular flexibility index (Phi) is 6.44. The smallest absolute Gasteiger partial charge is 0.330 e. The Labute approximate surface area is 154 Å². The number of hydrogen-bond donors (Lipinski definition) is 1. The first-order valence-electron chi connectivity index (χ1n) is 8.59. The fourth-order valence-corrected chi connectivity index (χ4v) is 2.73. The molecule has 1 radical (unpaired) electrons. The second-order valence-corrected chi connectivity index (χ2v) is 9.64. The van der Waals surface area contributed by atoms with Gasteiger partial charge in [-0.2, -0.15) is 12.6 Å². The fourth-order valence-electron chi connectivity index (χ4n) is 2.68. The molecule has 0 saturated heterocycles. The van der Waals surface area contributed by atoms with E-state index in [-0.39, 0.29) is 16.4 Å². The molecule has 0 aliphatic rings. The quantitative estimate of drug-likeness (QED) is 0.590. The first kappa shape index (κ1) is 21.3. The van der Waals surface area contributed by atoms with Crippen LogP contribution in [0.5, 0.6) is 0 Å². The van der Waals surface area contributed by atoms with Gasteiger partial charge < -0.3 is 4.65 Å². The summed E-state index contributed by atoms with van der Waals surface area (Å²) < 4.78 is 5.72. The van der Waals surface area contributed by atoms with Crippen LogP contribution in [0.2, 0.25) is 0 Å². The molecule has 0 atom stereocenters. The lowest BCUT2D eigenvalue weighted by atomic mass is 9.73. The second-order valence-electron chi connectivity index (χ2n) is 8.52. The van der Waals surface area contributed by atoms with Gasteiger partial charge in [-0.05, 0) is 59.6 Å². The fraction of sp³-hybridized carbons (Fsp3) is 0.650. The highest BCUT2D eigenvalue weighted by Crippen LogP contribution is 2.31. The van der Waals surface area contributed by atoms with E-state index in [1.54, 1.807) is 7.48 Å². The van der Waals surface area contributed by atoms with Gasteiger partial charge in [-0.3, -0.25) is 4.79 Å². The molecule has 1 rings (SSSR count). The van der Waals surface area contributed by atoms with E-state index in [9.17, 15) is 4.79 Å². The maximum atomic E-state index is 12.5. The zero-order valence-corrected chi connectivity index (χ0v) is 17.5. The van der Waals surface area contributed by atoms with Gasteiger partial charge in [-0.25, -0.2) is 0 Å². The minimum absolute atomic E-state index is 0.0207. The Morgan fingerprint density at radius 3 is 2.08 bits per heavy atom. The first-order valence-corrected chi connectivity index (χ1v) is 9.03. The summed E-state index contributed by atoms with van der Waals surface area (Å²) in [6.07, 6.45) is 0. The van der Waals surface area contributed by atoms with Crippen molar-refractivity contribution >= 4 is 31.4 Å². The Hall–Kier alpha value is -0.735. The lowest BCUT2D eigenvalue weighted by Gasteiger charge is -2.38. The summed E-state index contributed by atoms with van der Waals surface area (Å²) in [5.41, 5.74) is 2.30. The van der Waals surface area contributed by atoms with Gasteiger partial charge in [0.05, 0.1) is 5.60 Å². The van der Waals surface area contributed by atoms with E-state index in [0.29, 0.717) is 0 Å². The third-order valence-electron chi connectivity index (χ3n) is 5.03. The SMILES string of the molecule is Cc1cc([B]OC(C)(C)C(C)(C)S)ccc1C(C)(C)C(=O)C(C)C. The molecule has 24 heavy (non-hydrogen) atoms. The number of benzene rings is 1. The van der Waals surface area contributed by atoms with Crippen LogP contribution >= 0.6 is 12.6 Å². The molecule has 2 nitrogen and oxygen atoms in total. The third kappa shape index (κ3) is 4.67. The molecule has 0 amide bonds. The van der Waals surface area contributed by atoms with Crippen molar-refractivity contribution in [3.63, 3.8) is 0 Å². The van der Waals surface area contributed by atoms with Gasteiger partial charge in [0.1, 0.15) is 5.78 Å². The van der Waals surface area contributed by atoms with E-state index in [4.69, 9.17) is 4.65 Å². The van der Waals surface area contributed by atoms with Gasteiger partial charge >= 0.3 is 7.48 Å². The topological polar surface area (TPSA) is 26.3 Å². The average molecular weight is 347 g/mol. The lowest BCUT2D eigenvalue weighted by Crippen LogP contribution is -2.45. The van der Waals surface area contributed by atoms with E-state index < -0.39 is 11.0 Å². The maximum Gasteiger partial charge on any atom is 0.330 e. The molecule has 4 heteroatoms. The molecule has 0 saturated carbocycles. The highest BCUT2D eigenvalue weighted by atomic mass is 32.1. The van der Waals surface area contributed by atoms with Crippen LogP contribution in [0.4, 0.5) is 0 Å². The van der Waals surface area contributed by atoms with Crippen molar-refractivity contribution < 1.29 is 9.45 Å². The van der Waals surface area contributed by atoms with E-state index >= 15 is 0 Å². The zero-order chi connectivity index (χ0) is 18.9. The van der Waals surface area contributed by atoms with Crippen LogP contribution in [0.15, 0.2) is 18.2 Å². The molecule has 0 N–H and O–H groups in total. The number of thiol groups is 1. The highest BCUT2D eigenvalue weighted by Gasteiger charge is 2.35. The van der Waals surface area contributed by atoms with Crippen molar-refractivity contribution in [1.82, 2.24) is 0 Å². The molecule has 1 aromatic carbocycles. The minimum atomic E-state index is -0.482. The van der Waals surface area contributed by atoms with Gasteiger partial charge in [0.2, 0.25) is 0 Å². The number of aryl methyl sites for hydroxylation is 1. The normalized spacial score (nSPS) is 13.3. The van der Waals surface area contributed by atoms with E-state index in [2.05, 4.69) is 25.6 Å². The van der Waals surface area contributed by atoms with E-state index in [0.717, 1.165) is 16.6 Å². The van der Waals surface area contributed by atoms with E-state index in [1.165, 1.54) is 0 Å². The molecule has 0 aliphatic heterocycles. The van der Waals surface area contributed by atoms with Crippen LogP contribution < -0.4 is 5.46 Å². The molecule has 1 aromatic rings. The van der Waals surface area contributed by atoms with Crippen LogP contribution in [0.1, 0.15) is 66.5 Å². The van der Waals surface area contributed by atoms with Crippen molar-refractivity contribution in [1.29, 1.82) is 0 Å². The van der Waals surface area contributed by atoms with Gasteiger partial charge in [0.25, 0.3) is 0 Å². The largest absolute Gasteiger partial charge is 0.428 e. The third-order valence-corrected chi connectivity index (χ3v) is 5.57. The molecule has 0 unspecified atom stereocenters.